The first-order valence-electron chi connectivity index (χ1n) is 10.2. The molecule has 1 unspecified atom stereocenters. The monoisotopic (exact) mass is 437 g/mol. The first-order valence-corrected chi connectivity index (χ1v) is 10.2. The predicted molar refractivity (Wildman–Crippen MR) is 118 cm³/mol. The third-order valence-corrected chi connectivity index (χ3v) is 5.82. The van der Waals surface area contributed by atoms with Crippen LogP contribution >= 0.6 is 0 Å². The number of fused-ring (bicyclic) bond motifs is 3. The first-order chi connectivity index (χ1) is 16.1. The second-order valence-electron chi connectivity index (χ2n) is 7.68. The fourth-order valence-electron chi connectivity index (χ4n) is 4.36. The zero-order valence-electron chi connectivity index (χ0n) is 17.0. The number of amides is 2. The summed E-state index contributed by atoms with van der Waals surface area (Å²) in [6.07, 6.45) is 2.65. The Hall–Kier alpha value is -4.72. The zero-order valence-corrected chi connectivity index (χ0v) is 17.0. The highest BCUT2D eigenvalue weighted by Gasteiger charge is 2.47. The molecule has 8 nitrogen and oxygen atoms in total. The molecule has 33 heavy (non-hydrogen) atoms. The molecule has 160 valence electrons. The van der Waals surface area contributed by atoms with E-state index in [4.69, 9.17) is 4.42 Å². The van der Waals surface area contributed by atoms with Crippen LogP contribution in [0.15, 0.2) is 77.5 Å². The lowest BCUT2D eigenvalue weighted by molar-refractivity contribution is 0.0593. The molecule has 3 aromatic carbocycles. The Balaban J connectivity index is 1.59. The molecule has 0 fully saturated rings. The van der Waals surface area contributed by atoms with Crippen LogP contribution < -0.4 is 0 Å². The number of hydrogen-bond donors (Lipinski definition) is 2. The summed E-state index contributed by atoms with van der Waals surface area (Å²) < 4.78 is 6.03. The van der Waals surface area contributed by atoms with Gasteiger partial charge in [0, 0.05) is 17.8 Å². The van der Waals surface area contributed by atoms with Crippen molar-refractivity contribution in [2.24, 2.45) is 0 Å². The van der Waals surface area contributed by atoms with Gasteiger partial charge in [-0.1, -0.05) is 48.5 Å². The van der Waals surface area contributed by atoms with Gasteiger partial charge in [0.2, 0.25) is 0 Å². The second-order valence-corrected chi connectivity index (χ2v) is 7.68. The number of imide groups is 1. The van der Waals surface area contributed by atoms with Crippen LogP contribution in [0.2, 0.25) is 0 Å². The number of aromatic hydroxyl groups is 2. The number of hydrogen-bond acceptors (Lipinski definition) is 7. The van der Waals surface area contributed by atoms with E-state index in [0.29, 0.717) is 16.9 Å². The van der Waals surface area contributed by atoms with Gasteiger partial charge in [-0.15, -0.1) is 0 Å². The maximum absolute atomic E-state index is 13.6. The lowest BCUT2D eigenvalue weighted by atomic mass is 10.0. The van der Waals surface area contributed by atoms with Gasteiger partial charge in [-0.25, -0.2) is 9.97 Å². The van der Waals surface area contributed by atoms with E-state index < -0.39 is 29.4 Å². The van der Waals surface area contributed by atoms with Crippen LogP contribution in [0.5, 0.6) is 11.5 Å². The van der Waals surface area contributed by atoms with Crippen molar-refractivity contribution in [3.05, 3.63) is 95.5 Å². The SMILES string of the molecule is O=C1c2c(c(O)c3nccnc3c2O)C(=O)N1C(c1ccccc1)c1cc2ccccc2o1. The highest BCUT2D eigenvalue weighted by atomic mass is 16.3. The van der Waals surface area contributed by atoms with E-state index in [1.807, 2.05) is 24.3 Å². The summed E-state index contributed by atoms with van der Waals surface area (Å²) in [4.78, 5) is 36.2. The summed E-state index contributed by atoms with van der Waals surface area (Å²) in [5, 5.41) is 22.4. The van der Waals surface area contributed by atoms with Crippen LogP contribution in [0.1, 0.15) is 38.1 Å². The Kier molecular flexibility index (Phi) is 3.97. The number of phenols is 2. The van der Waals surface area contributed by atoms with Crippen LogP contribution in [0.4, 0.5) is 0 Å². The van der Waals surface area contributed by atoms with Crippen molar-refractivity contribution in [3.63, 3.8) is 0 Å². The number of carbonyl (C=O) groups is 2. The van der Waals surface area contributed by atoms with E-state index in [9.17, 15) is 19.8 Å². The van der Waals surface area contributed by atoms with Gasteiger partial charge in [-0.2, -0.15) is 0 Å². The molecule has 6 rings (SSSR count). The highest BCUT2D eigenvalue weighted by molar-refractivity contribution is 6.26. The smallest absolute Gasteiger partial charge is 0.266 e. The Morgan fingerprint density at radius 2 is 1.36 bits per heavy atom. The molecule has 1 aliphatic rings. The fraction of sp³-hybridized carbons (Fsp3) is 0.0400. The minimum atomic E-state index is -0.922. The van der Waals surface area contributed by atoms with Crippen LogP contribution in [-0.4, -0.2) is 36.9 Å². The molecule has 8 heteroatoms. The minimum absolute atomic E-state index is 0.0586. The van der Waals surface area contributed by atoms with Gasteiger partial charge in [0.15, 0.2) is 11.5 Å². The number of rotatable bonds is 3. The summed E-state index contributed by atoms with van der Waals surface area (Å²) >= 11 is 0. The van der Waals surface area contributed by atoms with Crippen LogP contribution in [0.3, 0.4) is 0 Å². The average Bonchev–Trinajstić information content (AvgIpc) is 3.38. The van der Waals surface area contributed by atoms with E-state index in [-0.39, 0.29) is 22.2 Å². The van der Waals surface area contributed by atoms with Gasteiger partial charge in [-0.3, -0.25) is 14.5 Å². The fourth-order valence-corrected chi connectivity index (χ4v) is 4.36. The van der Waals surface area contributed by atoms with Crippen LogP contribution in [0, 0.1) is 0 Å². The van der Waals surface area contributed by atoms with Gasteiger partial charge in [0.25, 0.3) is 11.8 Å². The predicted octanol–water partition coefficient (Wildman–Crippen LogP) is 4.17. The maximum atomic E-state index is 13.6. The van der Waals surface area contributed by atoms with E-state index in [0.717, 1.165) is 10.3 Å². The number of carbonyl (C=O) groups excluding carboxylic acids is 2. The Morgan fingerprint density at radius 3 is 1.97 bits per heavy atom. The Labute approximate surface area is 186 Å². The van der Waals surface area contributed by atoms with E-state index in [1.165, 1.54) is 12.4 Å². The lowest BCUT2D eigenvalue weighted by Crippen LogP contribution is -2.34. The largest absolute Gasteiger partial charge is 0.505 e. The molecule has 0 spiro atoms. The maximum Gasteiger partial charge on any atom is 0.266 e. The van der Waals surface area contributed by atoms with Crippen molar-refractivity contribution in [1.82, 2.24) is 14.9 Å². The van der Waals surface area contributed by atoms with E-state index in [1.54, 1.807) is 36.4 Å². The Morgan fingerprint density at radius 1 is 0.788 bits per heavy atom. The third kappa shape index (κ3) is 2.64. The van der Waals surface area contributed by atoms with Gasteiger partial charge in [0.05, 0.1) is 0 Å². The van der Waals surface area contributed by atoms with Gasteiger partial charge < -0.3 is 14.6 Å². The highest BCUT2D eigenvalue weighted by Crippen LogP contribution is 2.46. The lowest BCUT2D eigenvalue weighted by Gasteiger charge is -2.25. The van der Waals surface area contributed by atoms with E-state index >= 15 is 0 Å². The molecule has 0 saturated heterocycles. The third-order valence-electron chi connectivity index (χ3n) is 5.82. The number of para-hydroxylation sites is 1. The van der Waals surface area contributed by atoms with Crippen molar-refractivity contribution < 1.29 is 24.2 Å². The van der Waals surface area contributed by atoms with Crippen LogP contribution in [-0.2, 0) is 0 Å². The standard InChI is InChI=1S/C25H15N3O5/c29-22-17-18(23(30)20-19(22)26-10-11-27-20)25(32)28(24(17)31)21(13-6-2-1-3-7-13)16-12-14-8-4-5-9-15(14)33-16/h1-12,21,29-30H. The van der Waals surface area contributed by atoms with Gasteiger partial charge in [-0.05, 0) is 17.7 Å². The van der Waals surface area contributed by atoms with E-state index in [2.05, 4.69) is 9.97 Å². The van der Waals surface area contributed by atoms with Crippen molar-refractivity contribution >= 4 is 33.8 Å². The number of furan rings is 1. The summed E-state index contributed by atoms with van der Waals surface area (Å²) in [6.45, 7) is 0. The molecule has 2 amide bonds. The van der Waals surface area contributed by atoms with Crippen molar-refractivity contribution in [2.45, 2.75) is 6.04 Å². The quantitative estimate of drug-likeness (QED) is 0.321. The molecule has 2 aromatic heterocycles. The number of phenolic OH excluding ortho intramolecular Hbond substituents is 2. The number of nitrogens with zero attached hydrogens (tertiary/aromatic N) is 3. The summed E-state index contributed by atoms with van der Waals surface area (Å²) in [5.41, 5.74) is 0.513. The first kappa shape index (κ1) is 19.0. The van der Waals surface area contributed by atoms with Crippen molar-refractivity contribution in [1.29, 1.82) is 0 Å². The van der Waals surface area contributed by atoms with Crippen molar-refractivity contribution in [3.8, 4) is 11.5 Å². The molecule has 3 heterocycles. The van der Waals surface area contributed by atoms with Gasteiger partial charge >= 0.3 is 0 Å². The summed E-state index contributed by atoms with van der Waals surface area (Å²) in [7, 11) is 0. The zero-order chi connectivity index (χ0) is 22.7. The molecule has 2 N–H and O–H groups in total. The average molecular weight is 437 g/mol. The molecule has 1 atom stereocenters. The molecule has 0 radical (unpaired) electrons. The summed E-state index contributed by atoms with van der Waals surface area (Å²) in [5.74, 6) is -2.14. The molecule has 5 aromatic rings. The number of aromatic nitrogens is 2. The molecule has 0 aliphatic carbocycles. The second kappa shape index (κ2) is 6.89. The van der Waals surface area contributed by atoms with Crippen LogP contribution in [0.25, 0.3) is 22.0 Å². The number of benzene rings is 3. The molecule has 0 bridgehead atoms. The molecular formula is C25H15N3O5. The Bertz CT molecular complexity index is 1500. The van der Waals surface area contributed by atoms with Gasteiger partial charge in [0.1, 0.15) is 39.5 Å². The molecule has 0 saturated carbocycles. The minimum Gasteiger partial charge on any atom is -0.505 e. The molecular weight excluding hydrogens is 422 g/mol. The topological polar surface area (TPSA) is 117 Å². The molecule has 1 aliphatic heterocycles. The normalized spacial score (nSPS) is 14.2. The van der Waals surface area contributed by atoms with Crippen molar-refractivity contribution in [2.75, 3.05) is 0 Å². The summed E-state index contributed by atoms with van der Waals surface area (Å²) in [6, 6.07) is 17.2.